The number of hydrogen-bond donors (Lipinski definition) is 1. The largest absolute Gasteiger partial charge is 0.368 e. The van der Waals surface area contributed by atoms with Gasteiger partial charge < -0.3 is 15.5 Å². The van der Waals surface area contributed by atoms with Crippen molar-refractivity contribution in [3.05, 3.63) is 30.1 Å². The lowest BCUT2D eigenvalue weighted by Gasteiger charge is -2.39. The lowest BCUT2D eigenvalue weighted by atomic mass is 10.1. The fourth-order valence-corrected chi connectivity index (χ4v) is 2.26. The molecule has 2 rings (SSSR count). The zero-order chi connectivity index (χ0) is 14.7. The Kier molecular flexibility index (Phi) is 3.97. The smallest absolute Gasteiger partial charge is 0.254 e. The third-order valence-electron chi connectivity index (χ3n) is 3.33. The minimum atomic E-state index is -0.771. The molecule has 3 amide bonds. The quantitative estimate of drug-likeness (QED) is 0.767. The Bertz CT molecular complexity index is 532. The van der Waals surface area contributed by atoms with E-state index in [-0.39, 0.29) is 18.4 Å². The highest BCUT2D eigenvalue weighted by atomic mass is 16.2. The molecule has 0 spiro atoms. The first-order valence-electron chi connectivity index (χ1n) is 6.26. The molecule has 106 valence electrons. The Balaban J connectivity index is 2.15. The predicted molar refractivity (Wildman–Crippen MR) is 70.5 cm³/mol. The van der Waals surface area contributed by atoms with Crippen LogP contribution in [0.1, 0.15) is 17.3 Å². The molecule has 0 aromatic carbocycles. The van der Waals surface area contributed by atoms with Crippen LogP contribution < -0.4 is 5.73 Å². The van der Waals surface area contributed by atoms with Crippen LogP contribution in [0.2, 0.25) is 0 Å². The minimum Gasteiger partial charge on any atom is -0.368 e. The first-order valence-corrected chi connectivity index (χ1v) is 6.26. The van der Waals surface area contributed by atoms with Crippen molar-refractivity contribution in [3.63, 3.8) is 0 Å². The molecule has 0 saturated carbocycles. The summed E-state index contributed by atoms with van der Waals surface area (Å²) in [6.45, 7) is 2.19. The summed E-state index contributed by atoms with van der Waals surface area (Å²) in [6.07, 6.45) is 3.06. The molecular formula is C13H16N4O3. The standard InChI is InChI=1S/C13H16N4O3/c1-9(18)17-7-6-16(8-11(17)12(14)19)13(20)10-2-4-15-5-3-10/h2-5,11H,6-8H2,1H3,(H2,14,19)/t11-/m1/s1. The first kappa shape index (κ1) is 14.0. The van der Waals surface area contributed by atoms with Crippen LogP contribution in [0.25, 0.3) is 0 Å². The molecular weight excluding hydrogens is 260 g/mol. The molecule has 1 aromatic rings. The number of carbonyl (C=O) groups is 3. The van der Waals surface area contributed by atoms with Crippen LogP contribution in [-0.4, -0.2) is 58.2 Å². The van der Waals surface area contributed by atoms with Gasteiger partial charge in [-0.05, 0) is 12.1 Å². The number of carbonyl (C=O) groups excluding carboxylic acids is 3. The Morgan fingerprint density at radius 1 is 1.25 bits per heavy atom. The van der Waals surface area contributed by atoms with Gasteiger partial charge >= 0.3 is 0 Å². The van der Waals surface area contributed by atoms with Crippen LogP contribution in [0.15, 0.2) is 24.5 Å². The molecule has 1 fully saturated rings. The summed E-state index contributed by atoms with van der Waals surface area (Å²) in [6, 6.07) is 2.45. The number of amides is 3. The summed E-state index contributed by atoms with van der Waals surface area (Å²) < 4.78 is 0. The van der Waals surface area contributed by atoms with E-state index in [1.54, 1.807) is 12.1 Å². The van der Waals surface area contributed by atoms with Gasteiger partial charge in [-0.1, -0.05) is 0 Å². The van der Waals surface area contributed by atoms with Gasteiger partial charge in [0.1, 0.15) is 6.04 Å². The van der Waals surface area contributed by atoms with Gasteiger partial charge in [0.15, 0.2) is 0 Å². The van der Waals surface area contributed by atoms with Gasteiger partial charge in [-0.2, -0.15) is 0 Å². The lowest BCUT2D eigenvalue weighted by molar-refractivity contribution is -0.140. The highest BCUT2D eigenvalue weighted by Crippen LogP contribution is 2.13. The van der Waals surface area contributed by atoms with Gasteiger partial charge in [-0.25, -0.2) is 0 Å². The maximum atomic E-state index is 12.3. The average molecular weight is 276 g/mol. The Labute approximate surface area is 116 Å². The van der Waals surface area contributed by atoms with Gasteiger partial charge in [-0.15, -0.1) is 0 Å². The van der Waals surface area contributed by atoms with Crippen LogP contribution in [-0.2, 0) is 9.59 Å². The Morgan fingerprint density at radius 3 is 2.45 bits per heavy atom. The van der Waals surface area contributed by atoms with Crippen molar-refractivity contribution in [1.82, 2.24) is 14.8 Å². The molecule has 0 unspecified atom stereocenters. The second-order valence-corrected chi connectivity index (χ2v) is 4.62. The number of nitrogens with zero attached hydrogens (tertiary/aromatic N) is 3. The average Bonchev–Trinajstić information content (AvgIpc) is 2.46. The van der Waals surface area contributed by atoms with E-state index in [0.29, 0.717) is 18.7 Å². The van der Waals surface area contributed by atoms with E-state index in [4.69, 9.17) is 5.73 Å². The van der Waals surface area contributed by atoms with E-state index in [1.807, 2.05) is 0 Å². The van der Waals surface area contributed by atoms with Crippen molar-refractivity contribution in [3.8, 4) is 0 Å². The van der Waals surface area contributed by atoms with E-state index >= 15 is 0 Å². The summed E-state index contributed by atoms with van der Waals surface area (Å²) in [7, 11) is 0. The molecule has 1 aliphatic heterocycles. The molecule has 2 heterocycles. The van der Waals surface area contributed by atoms with Gasteiger partial charge in [0, 0.05) is 38.0 Å². The highest BCUT2D eigenvalue weighted by molar-refractivity contribution is 5.95. The third-order valence-corrected chi connectivity index (χ3v) is 3.33. The summed E-state index contributed by atoms with van der Waals surface area (Å²) in [4.78, 5) is 42.0. The fourth-order valence-electron chi connectivity index (χ4n) is 2.26. The maximum absolute atomic E-state index is 12.3. The minimum absolute atomic E-state index is 0.121. The summed E-state index contributed by atoms with van der Waals surface area (Å²) in [5.74, 6) is -1.01. The Morgan fingerprint density at radius 2 is 1.90 bits per heavy atom. The number of rotatable bonds is 2. The zero-order valence-corrected chi connectivity index (χ0v) is 11.2. The van der Waals surface area contributed by atoms with Crippen LogP contribution >= 0.6 is 0 Å². The first-order chi connectivity index (χ1) is 9.50. The number of pyridine rings is 1. The third kappa shape index (κ3) is 2.76. The molecule has 7 heteroatoms. The van der Waals surface area contributed by atoms with Crippen molar-refractivity contribution in [2.24, 2.45) is 5.73 Å². The number of piperazine rings is 1. The van der Waals surface area contributed by atoms with Gasteiger partial charge in [0.25, 0.3) is 5.91 Å². The number of hydrogen-bond acceptors (Lipinski definition) is 4. The predicted octanol–water partition coefficient (Wildman–Crippen LogP) is -0.760. The summed E-state index contributed by atoms with van der Waals surface area (Å²) >= 11 is 0. The van der Waals surface area contributed by atoms with Gasteiger partial charge in [0.2, 0.25) is 11.8 Å². The molecule has 0 aliphatic carbocycles. The molecule has 7 nitrogen and oxygen atoms in total. The molecule has 0 bridgehead atoms. The molecule has 1 aromatic heterocycles. The van der Waals surface area contributed by atoms with Crippen molar-refractivity contribution >= 4 is 17.7 Å². The summed E-state index contributed by atoms with van der Waals surface area (Å²) in [5.41, 5.74) is 5.82. The summed E-state index contributed by atoms with van der Waals surface area (Å²) in [5, 5.41) is 0. The van der Waals surface area contributed by atoms with E-state index in [2.05, 4.69) is 4.98 Å². The SMILES string of the molecule is CC(=O)N1CCN(C(=O)c2ccncc2)C[C@@H]1C(N)=O. The van der Waals surface area contributed by atoms with Gasteiger partial charge in [-0.3, -0.25) is 19.4 Å². The van der Waals surface area contributed by atoms with Crippen LogP contribution in [0.3, 0.4) is 0 Å². The van der Waals surface area contributed by atoms with Crippen molar-refractivity contribution in [1.29, 1.82) is 0 Å². The second-order valence-electron chi connectivity index (χ2n) is 4.62. The number of aromatic nitrogens is 1. The number of nitrogens with two attached hydrogens (primary N) is 1. The molecule has 1 saturated heterocycles. The molecule has 1 aliphatic rings. The number of primary amides is 1. The monoisotopic (exact) mass is 276 g/mol. The van der Waals surface area contributed by atoms with E-state index < -0.39 is 11.9 Å². The highest BCUT2D eigenvalue weighted by Gasteiger charge is 2.34. The second kappa shape index (κ2) is 5.68. The normalized spacial score (nSPS) is 18.8. The fraction of sp³-hybridized carbons (Fsp3) is 0.385. The molecule has 2 N–H and O–H groups in total. The van der Waals surface area contributed by atoms with Gasteiger partial charge in [0.05, 0.1) is 6.54 Å². The van der Waals surface area contributed by atoms with Crippen molar-refractivity contribution in [2.45, 2.75) is 13.0 Å². The molecule has 1 atom stereocenters. The van der Waals surface area contributed by atoms with Crippen LogP contribution in [0.5, 0.6) is 0 Å². The van der Waals surface area contributed by atoms with Crippen molar-refractivity contribution < 1.29 is 14.4 Å². The zero-order valence-electron chi connectivity index (χ0n) is 11.2. The van der Waals surface area contributed by atoms with Crippen LogP contribution in [0.4, 0.5) is 0 Å². The van der Waals surface area contributed by atoms with E-state index in [0.717, 1.165) is 0 Å². The van der Waals surface area contributed by atoms with E-state index in [9.17, 15) is 14.4 Å². The van der Waals surface area contributed by atoms with E-state index in [1.165, 1.54) is 29.1 Å². The lowest BCUT2D eigenvalue weighted by Crippen LogP contribution is -2.60. The molecule has 20 heavy (non-hydrogen) atoms. The van der Waals surface area contributed by atoms with Crippen molar-refractivity contribution in [2.75, 3.05) is 19.6 Å². The van der Waals surface area contributed by atoms with Crippen LogP contribution in [0, 0.1) is 0 Å². The Hall–Kier alpha value is -2.44. The maximum Gasteiger partial charge on any atom is 0.254 e. The topological polar surface area (TPSA) is 96.6 Å². The molecule has 0 radical (unpaired) electrons.